The normalized spacial score (nSPS) is 10.7. The van der Waals surface area contributed by atoms with Crippen molar-refractivity contribution in [2.75, 3.05) is 11.9 Å². The molecular weight excluding hydrogens is 246 g/mol. The number of aromatic nitrogens is 2. The third kappa shape index (κ3) is 2.99. The maximum atomic E-state index is 11.1. The molecule has 1 aromatic heterocycles. The van der Waals surface area contributed by atoms with E-state index in [1.807, 2.05) is 6.08 Å². The molecule has 1 aromatic rings. The van der Waals surface area contributed by atoms with Crippen LogP contribution in [0, 0.1) is 0 Å². The first kappa shape index (κ1) is 11.0. The van der Waals surface area contributed by atoms with Crippen LogP contribution in [0.5, 0.6) is 0 Å². The van der Waals surface area contributed by atoms with E-state index in [2.05, 4.69) is 44.4 Å². The van der Waals surface area contributed by atoms with Gasteiger partial charge in [0.15, 0.2) is 0 Å². The highest BCUT2D eigenvalue weighted by Crippen LogP contribution is 2.14. The van der Waals surface area contributed by atoms with E-state index < -0.39 is 0 Å². The number of hydrogen-bond acceptors (Lipinski definition) is 3. The van der Waals surface area contributed by atoms with Gasteiger partial charge >= 0.3 is 0 Å². The van der Waals surface area contributed by atoms with E-state index in [0.29, 0.717) is 16.7 Å². The van der Waals surface area contributed by atoms with Crippen LogP contribution in [-0.4, -0.2) is 16.7 Å². The smallest absolute Gasteiger partial charge is 0.280 e. The van der Waals surface area contributed by atoms with Crippen molar-refractivity contribution in [2.24, 2.45) is 0 Å². The number of halogens is 1. The highest BCUT2D eigenvalue weighted by molar-refractivity contribution is 9.10. The lowest BCUT2D eigenvalue weighted by Gasteiger charge is -2.03. The van der Waals surface area contributed by atoms with Gasteiger partial charge in [-0.1, -0.05) is 19.1 Å². The van der Waals surface area contributed by atoms with Gasteiger partial charge in [-0.3, -0.25) is 4.79 Å². The van der Waals surface area contributed by atoms with Crippen molar-refractivity contribution in [2.45, 2.75) is 13.3 Å². The van der Waals surface area contributed by atoms with Crippen LogP contribution in [0.1, 0.15) is 13.3 Å². The van der Waals surface area contributed by atoms with Crippen LogP contribution in [0.25, 0.3) is 0 Å². The summed E-state index contributed by atoms with van der Waals surface area (Å²) in [5.41, 5.74) is 0.476. The summed E-state index contributed by atoms with van der Waals surface area (Å²) >= 11 is 3.18. The molecule has 0 aliphatic carbocycles. The summed E-state index contributed by atoms with van der Waals surface area (Å²) in [4.78, 5) is 11.1. The zero-order chi connectivity index (χ0) is 10.4. The molecule has 0 aromatic carbocycles. The van der Waals surface area contributed by atoms with E-state index in [-0.39, 0.29) is 5.56 Å². The number of nitrogens with zero attached hydrogens (tertiary/aromatic N) is 1. The van der Waals surface area contributed by atoms with Crippen molar-refractivity contribution in [1.29, 1.82) is 0 Å². The summed E-state index contributed by atoms with van der Waals surface area (Å²) < 4.78 is 0.484. The standard InChI is InChI=1S/C9H12BrN3O/c1-2-3-4-5-11-7-6-12-13-9(14)8(7)10/h3-4,6H,2,5H2,1H3,(H2,11,13,14)/b4-3+. The molecule has 0 aliphatic heterocycles. The first-order valence-electron chi connectivity index (χ1n) is 4.37. The zero-order valence-electron chi connectivity index (χ0n) is 7.88. The Morgan fingerprint density at radius 1 is 1.64 bits per heavy atom. The minimum Gasteiger partial charge on any atom is -0.379 e. The van der Waals surface area contributed by atoms with Crippen LogP contribution in [0.15, 0.2) is 27.6 Å². The van der Waals surface area contributed by atoms with Gasteiger partial charge in [0.05, 0.1) is 11.9 Å². The lowest BCUT2D eigenvalue weighted by Crippen LogP contribution is -2.12. The minimum absolute atomic E-state index is 0.227. The molecule has 1 rings (SSSR count). The summed E-state index contributed by atoms with van der Waals surface area (Å²) in [5.74, 6) is 0. The van der Waals surface area contributed by atoms with Crippen molar-refractivity contribution < 1.29 is 0 Å². The number of anilines is 1. The molecule has 0 radical (unpaired) electrons. The average Bonchev–Trinajstić information content (AvgIpc) is 2.19. The first-order chi connectivity index (χ1) is 6.75. The number of allylic oxidation sites excluding steroid dienone is 1. The van der Waals surface area contributed by atoms with Gasteiger partial charge in [-0.25, -0.2) is 5.10 Å². The lowest BCUT2D eigenvalue weighted by atomic mass is 10.4. The van der Waals surface area contributed by atoms with Gasteiger partial charge in [-0.2, -0.15) is 5.10 Å². The van der Waals surface area contributed by atoms with Crippen molar-refractivity contribution in [3.63, 3.8) is 0 Å². The molecule has 0 saturated carbocycles. The van der Waals surface area contributed by atoms with Gasteiger partial charge in [0.1, 0.15) is 4.47 Å². The molecule has 0 fully saturated rings. The van der Waals surface area contributed by atoms with Gasteiger partial charge in [-0.05, 0) is 22.4 Å². The lowest BCUT2D eigenvalue weighted by molar-refractivity contribution is 0.977. The number of nitrogens with one attached hydrogen (secondary N) is 2. The predicted octanol–water partition coefficient (Wildman–Crippen LogP) is 1.91. The van der Waals surface area contributed by atoms with Gasteiger partial charge < -0.3 is 5.32 Å². The van der Waals surface area contributed by atoms with Gasteiger partial charge in [0, 0.05) is 6.54 Å². The highest BCUT2D eigenvalue weighted by atomic mass is 79.9. The van der Waals surface area contributed by atoms with Crippen LogP contribution in [0.4, 0.5) is 5.69 Å². The van der Waals surface area contributed by atoms with Crippen molar-refractivity contribution in [1.82, 2.24) is 10.2 Å². The molecular formula is C9H12BrN3O. The van der Waals surface area contributed by atoms with E-state index >= 15 is 0 Å². The fraction of sp³-hybridized carbons (Fsp3) is 0.333. The molecule has 5 heteroatoms. The number of aromatic amines is 1. The Balaban J connectivity index is 2.63. The Bertz CT molecular complexity index is 373. The van der Waals surface area contributed by atoms with E-state index in [9.17, 15) is 4.79 Å². The topological polar surface area (TPSA) is 57.8 Å². The molecule has 0 aliphatic rings. The van der Waals surface area contributed by atoms with Gasteiger partial charge in [0.2, 0.25) is 0 Å². The maximum Gasteiger partial charge on any atom is 0.280 e. The summed E-state index contributed by atoms with van der Waals surface area (Å²) in [6, 6.07) is 0. The molecule has 14 heavy (non-hydrogen) atoms. The second-order valence-corrected chi connectivity index (χ2v) is 3.48. The molecule has 76 valence electrons. The monoisotopic (exact) mass is 257 g/mol. The van der Waals surface area contributed by atoms with Crippen LogP contribution in [0.2, 0.25) is 0 Å². The second kappa shape index (κ2) is 5.59. The SMILES string of the molecule is CC/C=C/CNc1cn[nH]c(=O)c1Br. The second-order valence-electron chi connectivity index (χ2n) is 2.69. The van der Waals surface area contributed by atoms with Gasteiger partial charge in [-0.15, -0.1) is 0 Å². The fourth-order valence-corrected chi connectivity index (χ4v) is 1.26. The summed E-state index contributed by atoms with van der Waals surface area (Å²) in [6.07, 6.45) is 6.65. The minimum atomic E-state index is -0.227. The van der Waals surface area contributed by atoms with E-state index in [0.717, 1.165) is 6.42 Å². The zero-order valence-corrected chi connectivity index (χ0v) is 9.47. The van der Waals surface area contributed by atoms with Crippen LogP contribution < -0.4 is 10.9 Å². The Kier molecular flexibility index (Phi) is 4.39. The summed E-state index contributed by atoms with van der Waals surface area (Å²) in [7, 11) is 0. The molecule has 0 unspecified atom stereocenters. The largest absolute Gasteiger partial charge is 0.379 e. The van der Waals surface area contributed by atoms with E-state index in [1.54, 1.807) is 6.20 Å². The molecule has 4 nitrogen and oxygen atoms in total. The molecule has 0 bridgehead atoms. The number of hydrogen-bond donors (Lipinski definition) is 2. The predicted molar refractivity (Wildman–Crippen MR) is 60.5 cm³/mol. The Labute approximate surface area is 90.6 Å². The third-order valence-electron chi connectivity index (χ3n) is 1.61. The molecule has 0 atom stereocenters. The Morgan fingerprint density at radius 2 is 2.43 bits per heavy atom. The van der Waals surface area contributed by atoms with Crippen LogP contribution >= 0.6 is 15.9 Å². The Morgan fingerprint density at radius 3 is 3.14 bits per heavy atom. The molecule has 2 N–H and O–H groups in total. The van der Waals surface area contributed by atoms with Gasteiger partial charge in [0.25, 0.3) is 5.56 Å². The number of H-pyrrole nitrogens is 1. The molecule has 1 heterocycles. The number of rotatable bonds is 4. The quantitative estimate of drug-likeness (QED) is 0.811. The van der Waals surface area contributed by atoms with Crippen molar-refractivity contribution in [3.8, 4) is 0 Å². The molecule has 0 saturated heterocycles. The summed E-state index contributed by atoms with van der Waals surface area (Å²) in [6.45, 7) is 2.76. The highest BCUT2D eigenvalue weighted by Gasteiger charge is 2.01. The maximum absolute atomic E-state index is 11.1. The fourth-order valence-electron chi connectivity index (χ4n) is 0.926. The molecule has 0 amide bonds. The van der Waals surface area contributed by atoms with E-state index in [4.69, 9.17) is 0 Å². The first-order valence-corrected chi connectivity index (χ1v) is 5.17. The van der Waals surface area contributed by atoms with Crippen molar-refractivity contribution in [3.05, 3.63) is 33.2 Å². The van der Waals surface area contributed by atoms with E-state index in [1.165, 1.54) is 0 Å². The molecule has 0 spiro atoms. The third-order valence-corrected chi connectivity index (χ3v) is 2.40. The average molecular weight is 258 g/mol. The van der Waals surface area contributed by atoms with Crippen LogP contribution in [-0.2, 0) is 0 Å². The Hall–Kier alpha value is -1.10. The van der Waals surface area contributed by atoms with Crippen molar-refractivity contribution >= 4 is 21.6 Å². The van der Waals surface area contributed by atoms with Crippen LogP contribution in [0.3, 0.4) is 0 Å². The summed E-state index contributed by atoms with van der Waals surface area (Å²) in [5, 5.41) is 9.09.